The summed E-state index contributed by atoms with van der Waals surface area (Å²) >= 11 is 0. The van der Waals surface area contributed by atoms with Crippen LogP contribution in [0, 0.1) is 5.92 Å². The molecule has 11 heteroatoms. The standard InChI is InChI=1S/C24H49NO7.C15H30O2S/c1-2-3-4-5-6-7-8-9-10-11-12-13-14-15-19(27)18(25)17-31-24-23(30)22(29)21(28)20(16-26)32-24;1-18(16)13-9-7-5-3-2-4-6-8-10-15-11-12-17-14-15/h18-24,26-30H,2-17,25H2,1H3;15H,2-14H2,1H3. The van der Waals surface area contributed by atoms with Crippen LogP contribution < -0.4 is 5.73 Å². The van der Waals surface area contributed by atoms with Gasteiger partial charge in [0.05, 0.1) is 25.4 Å². The maximum atomic E-state index is 10.9. The highest BCUT2D eigenvalue weighted by molar-refractivity contribution is 7.84. The van der Waals surface area contributed by atoms with Gasteiger partial charge in [-0.25, -0.2) is 0 Å². The summed E-state index contributed by atoms with van der Waals surface area (Å²) in [7, 11) is -0.589. The van der Waals surface area contributed by atoms with Crippen LogP contribution in [0.2, 0.25) is 0 Å². The second-order valence-electron chi connectivity index (χ2n) is 14.9. The molecule has 2 heterocycles. The summed E-state index contributed by atoms with van der Waals surface area (Å²) < 4.78 is 26.9. The van der Waals surface area contributed by atoms with E-state index in [-0.39, 0.29) is 6.61 Å². The van der Waals surface area contributed by atoms with Crippen LogP contribution in [0.1, 0.15) is 161 Å². The van der Waals surface area contributed by atoms with Crippen LogP contribution in [0.5, 0.6) is 0 Å². The zero-order valence-electron chi connectivity index (χ0n) is 32.0. The van der Waals surface area contributed by atoms with Gasteiger partial charge in [0.1, 0.15) is 24.4 Å². The molecule has 300 valence electrons. The molecule has 7 N–H and O–H groups in total. The Bertz CT molecular complexity index is 774. The van der Waals surface area contributed by atoms with Gasteiger partial charge in [-0.2, -0.15) is 0 Å². The van der Waals surface area contributed by atoms with Crippen LogP contribution in [0.3, 0.4) is 0 Å². The number of aliphatic hydroxyl groups excluding tert-OH is 5. The lowest BCUT2D eigenvalue weighted by Crippen LogP contribution is -2.59. The Morgan fingerprint density at radius 2 is 1.28 bits per heavy atom. The maximum absolute atomic E-state index is 10.9. The smallest absolute Gasteiger partial charge is 0.186 e. The van der Waals surface area contributed by atoms with Crippen molar-refractivity contribution in [3.05, 3.63) is 0 Å². The third kappa shape index (κ3) is 24.2. The molecule has 9 unspecified atom stereocenters. The average Bonchev–Trinajstić information content (AvgIpc) is 3.63. The van der Waals surface area contributed by atoms with Crippen LogP contribution in [0.4, 0.5) is 0 Å². The van der Waals surface area contributed by atoms with Crippen LogP contribution in [0.25, 0.3) is 0 Å². The van der Waals surface area contributed by atoms with E-state index in [4.69, 9.17) is 19.9 Å². The average molecular weight is 738 g/mol. The first-order chi connectivity index (χ1) is 24.2. The highest BCUT2D eigenvalue weighted by Gasteiger charge is 2.44. The Labute approximate surface area is 308 Å². The molecule has 2 saturated heterocycles. The molecule has 0 amide bonds. The van der Waals surface area contributed by atoms with Gasteiger partial charge in [-0.1, -0.05) is 135 Å². The normalized spacial score (nSPS) is 25.6. The topological polar surface area (TPSA) is 172 Å². The van der Waals surface area contributed by atoms with Crippen molar-refractivity contribution in [1.82, 2.24) is 0 Å². The van der Waals surface area contributed by atoms with Gasteiger partial charge < -0.3 is 45.5 Å². The SMILES string of the molecule is CCCCCCCCCCCCCCCC(O)C(N)COC1OC(CO)C(O)C(O)C1O.CS(=O)CCCCCCCCCCC1CCOC1. The number of nitrogens with two attached hydrogens (primary N) is 1. The second kappa shape index (κ2) is 32.2. The van der Waals surface area contributed by atoms with Gasteiger partial charge in [-0.15, -0.1) is 0 Å². The molecular weight excluding hydrogens is 658 g/mol. The highest BCUT2D eigenvalue weighted by Crippen LogP contribution is 2.23. The van der Waals surface area contributed by atoms with Crippen LogP contribution in [-0.4, -0.2) is 111 Å². The van der Waals surface area contributed by atoms with E-state index in [1.54, 1.807) is 6.26 Å². The number of hydrogen-bond donors (Lipinski definition) is 6. The van der Waals surface area contributed by atoms with Gasteiger partial charge in [-0.05, 0) is 31.6 Å². The van der Waals surface area contributed by atoms with Crippen molar-refractivity contribution in [1.29, 1.82) is 0 Å². The van der Waals surface area contributed by atoms with E-state index in [0.29, 0.717) is 6.42 Å². The predicted molar refractivity (Wildman–Crippen MR) is 203 cm³/mol. The fourth-order valence-corrected chi connectivity index (χ4v) is 7.33. The molecule has 0 spiro atoms. The Hall–Kier alpha value is -0.210. The predicted octanol–water partition coefficient (Wildman–Crippen LogP) is 5.88. The summed E-state index contributed by atoms with van der Waals surface area (Å²) in [6, 6.07) is -0.653. The first-order valence-corrected chi connectivity index (χ1v) is 22.2. The number of unbranched alkanes of at least 4 members (excludes halogenated alkanes) is 19. The van der Waals surface area contributed by atoms with Crippen molar-refractivity contribution in [2.45, 2.75) is 204 Å². The minimum atomic E-state index is -1.49. The van der Waals surface area contributed by atoms with Gasteiger partial charge in [0.2, 0.25) is 0 Å². The monoisotopic (exact) mass is 738 g/mol. The first kappa shape index (κ1) is 47.8. The van der Waals surface area contributed by atoms with Crippen molar-refractivity contribution in [2.24, 2.45) is 11.7 Å². The van der Waals surface area contributed by atoms with E-state index in [2.05, 4.69) is 6.92 Å². The van der Waals surface area contributed by atoms with E-state index in [1.165, 1.54) is 128 Å². The molecule has 0 aromatic rings. The zero-order chi connectivity index (χ0) is 36.8. The molecule has 9 atom stereocenters. The third-order valence-electron chi connectivity index (χ3n) is 10.2. The molecule has 2 rings (SSSR count). The molecule has 0 aromatic heterocycles. The quantitative estimate of drug-likeness (QED) is 0.0489. The minimum Gasteiger partial charge on any atom is -0.394 e. The van der Waals surface area contributed by atoms with Crippen LogP contribution in [0.15, 0.2) is 0 Å². The fraction of sp³-hybridized carbons (Fsp3) is 1.00. The van der Waals surface area contributed by atoms with Crippen LogP contribution in [-0.2, 0) is 25.0 Å². The van der Waals surface area contributed by atoms with Crippen molar-refractivity contribution in [3.8, 4) is 0 Å². The maximum Gasteiger partial charge on any atom is 0.186 e. The van der Waals surface area contributed by atoms with Gasteiger partial charge in [-0.3, -0.25) is 4.21 Å². The fourth-order valence-electron chi connectivity index (χ4n) is 6.72. The van der Waals surface area contributed by atoms with Gasteiger partial charge in [0.15, 0.2) is 6.29 Å². The molecule has 50 heavy (non-hydrogen) atoms. The van der Waals surface area contributed by atoms with Gasteiger partial charge in [0.25, 0.3) is 0 Å². The molecule has 2 aliphatic rings. The summed E-state index contributed by atoms with van der Waals surface area (Å²) in [6.45, 7) is 3.67. The van der Waals surface area contributed by atoms with Crippen molar-refractivity contribution < 1.29 is 44.0 Å². The summed E-state index contributed by atoms with van der Waals surface area (Å²) in [5.74, 6) is 1.75. The molecule has 0 saturated carbocycles. The summed E-state index contributed by atoms with van der Waals surface area (Å²) in [5.41, 5.74) is 5.98. The Balaban J connectivity index is 0.000000585. The van der Waals surface area contributed by atoms with E-state index in [0.717, 1.165) is 44.1 Å². The van der Waals surface area contributed by atoms with E-state index in [9.17, 15) is 29.7 Å². The molecule has 10 nitrogen and oxygen atoms in total. The second-order valence-corrected chi connectivity index (χ2v) is 16.5. The molecule has 2 aliphatic heterocycles. The highest BCUT2D eigenvalue weighted by atomic mass is 32.2. The molecular formula is C39H79NO9S. The lowest BCUT2D eigenvalue weighted by Gasteiger charge is -2.40. The lowest BCUT2D eigenvalue weighted by molar-refractivity contribution is -0.302. The summed E-state index contributed by atoms with van der Waals surface area (Å²) in [4.78, 5) is 0. The van der Waals surface area contributed by atoms with E-state index < -0.39 is 60.3 Å². The number of rotatable bonds is 30. The number of ether oxygens (including phenoxy) is 3. The summed E-state index contributed by atoms with van der Waals surface area (Å²) in [5, 5.41) is 49.0. The molecule has 0 radical (unpaired) electrons. The number of hydrogen-bond acceptors (Lipinski definition) is 10. The molecule has 0 bridgehead atoms. The van der Waals surface area contributed by atoms with Crippen molar-refractivity contribution in [3.63, 3.8) is 0 Å². The minimum absolute atomic E-state index is 0.0672. The lowest BCUT2D eigenvalue weighted by atomic mass is 9.99. The van der Waals surface area contributed by atoms with Gasteiger partial charge in [0, 0.05) is 36.0 Å². The molecule has 0 aliphatic carbocycles. The number of aliphatic hydroxyl groups is 5. The Kier molecular flexibility index (Phi) is 30.8. The molecule has 0 aromatic carbocycles. The van der Waals surface area contributed by atoms with Crippen molar-refractivity contribution >= 4 is 10.8 Å². The molecule has 2 fully saturated rings. The Morgan fingerprint density at radius 1 is 0.760 bits per heavy atom. The zero-order valence-corrected chi connectivity index (χ0v) is 32.8. The van der Waals surface area contributed by atoms with Gasteiger partial charge >= 0.3 is 0 Å². The Morgan fingerprint density at radius 3 is 1.78 bits per heavy atom. The van der Waals surface area contributed by atoms with E-state index in [1.807, 2.05) is 0 Å². The van der Waals surface area contributed by atoms with Crippen LogP contribution >= 0.6 is 0 Å². The summed E-state index contributed by atoms with van der Waals surface area (Å²) in [6.07, 6.45) is 24.8. The first-order valence-electron chi connectivity index (χ1n) is 20.4. The van der Waals surface area contributed by atoms with E-state index >= 15 is 0 Å². The largest absolute Gasteiger partial charge is 0.394 e. The van der Waals surface area contributed by atoms with Crippen molar-refractivity contribution in [2.75, 3.05) is 38.4 Å². The third-order valence-corrected chi connectivity index (χ3v) is 11.1.